The molecule has 108 valence electrons. The Morgan fingerprint density at radius 1 is 1.29 bits per heavy atom. The molecule has 6 nitrogen and oxygen atoms in total. The summed E-state index contributed by atoms with van der Waals surface area (Å²) in [4.78, 5) is 26.0. The highest BCUT2D eigenvalue weighted by Gasteiger charge is 2.09. The second kappa shape index (κ2) is 6.47. The average Bonchev–Trinajstić information content (AvgIpc) is 2.46. The van der Waals surface area contributed by atoms with E-state index in [1.54, 1.807) is 6.07 Å². The van der Waals surface area contributed by atoms with Gasteiger partial charge in [0.05, 0.1) is 0 Å². The lowest BCUT2D eigenvalue weighted by Crippen LogP contribution is -2.20. The number of pyridine rings is 1. The highest BCUT2D eigenvalue weighted by Crippen LogP contribution is 2.15. The van der Waals surface area contributed by atoms with Gasteiger partial charge in [0.2, 0.25) is 0 Å². The topological polar surface area (TPSA) is 88.5 Å². The van der Waals surface area contributed by atoms with Crippen molar-refractivity contribution < 1.29 is 23.8 Å². The van der Waals surface area contributed by atoms with Gasteiger partial charge in [0.15, 0.2) is 18.2 Å². The monoisotopic (exact) mass is 290 g/mol. The summed E-state index contributed by atoms with van der Waals surface area (Å²) in [6.45, 7) is -0.397. The summed E-state index contributed by atoms with van der Waals surface area (Å²) in [7, 11) is 0. The summed E-state index contributed by atoms with van der Waals surface area (Å²) in [5.74, 6) is -2.34. The van der Waals surface area contributed by atoms with Crippen molar-refractivity contribution in [2.45, 2.75) is 0 Å². The Hall–Kier alpha value is -2.96. The van der Waals surface area contributed by atoms with Crippen LogP contribution in [0.3, 0.4) is 0 Å². The number of ether oxygens (including phenoxy) is 1. The van der Waals surface area contributed by atoms with Crippen LogP contribution in [-0.2, 0) is 4.79 Å². The lowest BCUT2D eigenvalue weighted by molar-refractivity contribution is -0.118. The SMILES string of the molecule is O=C(COc1ccccc1F)Nc1ccnc(C(=O)O)c1. The number of halogens is 1. The van der Waals surface area contributed by atoms with E-state index in [1.807, 2.05) is 0 Å². The molecule has 1 aromatic heterocycles. The van der Waals surface area contributed by atoms with Crippen LogP contribution in [0.1, 0.15) is 10.5 Å². The first-order valence-corrected chi connectivity index (χ1v) is 5.93. The highest BCUT2D eigenvalue weighted by atomic mass is 19.1. The van der Waals surface area contributed by atoms with Crippen LogP contribution in [0.4, 0.5) is 10.1 Å². The second-order valence-electron chi connectivity index (χ2n) is 4.00. The van der Waals surface area contributed by atoms with Crippen LogP contribution in [0.25, 0.3) is 0 Å². The van der Waals surface area contributed by atoms with Crippen LogP contribution in [0, 0.1) is 5.82 Å². The van der Waals surface area contributed by atoms with Crippen LogP contribution in [-0.4, -0.2) is 28.6 Å². The Bertz CT molecular complexity index is 676. The van der Waals surface area contributed by atoms with Gasteiger partial charge >= 0.3 is 5.97 Å². The number of carbonyl (C=O) groups is 2. The maximum absolute atomic E-state index is 13.3. The van der Waals surface area contributed by atoms with E-state index >= 15 is 0 Å². The lowest BCUT2D eigenvalue weighted by atomic mass is 10.3. The quantitative estimate of drug-likeness (QED) is 0.878. The minimum atomic E-state index is -1.20. The molecule has 0 aliphatic rings. The molecule has 1 heterocycles. The van der Waals surface area contributed by atoms with Crippen LogP contribution >= 0.6 is 0 Å². The first kappa shape index (κ1) is 14.4. The maximum atomic E-state index is 13.3. The molecule has 2 rings (SSSR count). The summed E-state index contributed by atoms with van der Waals surface area (Å²) in [6.07, 6.45) is 1.26. The lowest BCUT2D eigenvalue weighted by Gasteiger charge is -2.08. The first-order valence-electron chi connectivity index (χ1n) is 5.93. The minimum absolute atomic E-state index is 0.0337. The number of nitrogens with one attached hydrogen (secondary N) is 1. The molecule has 0 spiro atoms. The van der Waals surface area contributed by atoms with E-state index in [0.29, 0.717) is 0 Å². The number of carboxylic acid groups (broad SMARTS) is 1. The number of para-hydroxylation sites is 1. The number of aromatic nitrogens is 1. The minimum Gasteiger partial charge on any atom is -0.481 e. The van der Waals surface area contributed by atoms with Crippen LogP contribution in [0.15, 0.2) is 42.6 Å². The smallest absolute Gasteiger partial charge is 0.354 e. The van der Waals surface area contributed by atoms with E-state index in [4.69, 9.17) is 9.84 Å². The number of hydrogen-bond donors (Lipinski definition) is 2. The average molecular weight is 290 g/mol. The molecule has 0 fully saturated rings. The Balaban J connectivity index is 1.95. The van der Waals surface area contributed by atoms with E-state index in [-0.39, 0.29) is 17.1 Å². The molecule has 1 amide bonds. The number of carboxylic acids is 1. The van der Waals surface area contributed by atoms with E-state index in [9.17, 15) is 14.0 Å². The van der Waals surface area contributed by atoms with Gasteiger partial charge in [-0.25, -0.2) is 14.2 Å². The van der Waals surface area contributed by atoms with Gasteiger partial charge in [-0.2, -0.15) is 0 Å². The molecule has 2 N–H and O–H groups in total. The Kier molecular flexibility index (Phi) is 4.45. The fraction of sp³-hybridized carbons (Fsp3) is 0.0714. The van der Waals surface area contributed by atoms with Crippen molar-refractivity contribution in [3.63, 3.8) is 0 Å². The van der Waals surface area contributed by atoms with Gasteiger partial charge in [0.25, 0.3) is 5.91 Å². The van der Waals surface area contributed by atoms with Crippen LogP contribution in [0.5, 0.6) is 5.75 Å². The molecule has 1 aromatic carbocycles. The Labute approximate surface area is 119 Å². The van der Waals surface area contributed by atoms with E-state index in [0.717, 1.165) is 0 Å². The summed E-state index contributed by atoms with van der Waals surface area (Å²) in [6, 6.07) is 8.36. The Morgan fingerprint density at radius 2 is 2.05 bits per heavy atom. The third-order valence-corrected chi connectivity index (χ3v) is 2.46. The number of amides is 1. The van der Waals surface area contributed by atoms with Crippen molar-refractivity contribution in [2.75, 3.05) is 11.9 Å². The summed E-state index contributed by atoms with van der Waals surface area (Å²) >= 11 is 0. The molecule has 0 aliphatic heterocycles. The summed E-state index contributed by atoms with van der Waals surface area (Å²) in [5, 5.41) is 11.2. The van der Waals surface area contributed by atoms with Gasteiger partial charge in [0.1, 0.15) is 5.69 Å². The number of anilines is 1. The van der Waals surface area contributed by atoms with Crippen molar-refractivity contribution in [1.82, 2.24) is 4.98 Å². The molecule has 0 unspecified atom stereocenters. The van der Waals surface area contributed by atoms with Crippen LogP contribution < -0.4 is 10.1 Å². The maximum Gasteiger partial charge on any atom is 0.354 e. The summed E-state index contributed by atoms with van der Waals surface area (Å²) in [5.41, 5.74) is 0.0763. The number of benzene rings is 1. The third-order valence-electron chi connectivity index (χ3n) is 2.46. The zero-order chi connectivity index (χ0) is 15.2. The van der Waals surface area contributed by atoms with E-state index in [1.165, 1.54) is 36.5 Å². The van der Waals surface area contributed by atoms with Gasteiger partial charge < -0.3 is 15.2 Å². The van der Waals surface area contributed by atoms with E-state index < -0.39 is 24.3 Å². The molecule has 0 radical (unpaired) electrons. The summed E-state index contributed by atoms with van der Waals surface area (Å²) < 4.78 is 18.3. The fourth-order valence-corrected chi connectivity index (χ4v) is 1.53. The van der Waals surface area contributed by atoms with Crippen molar-refractivity contribution >= 4 is 17.6 Å². The van der Waals surface area contributed by atoms with Crippen molar-refractivity contribution in [1.29, 1.82) is 0 Å². The van der Waals surface area contributed by atoms with Crippen LogP contribution in [0.2, 0.25) is 0 Å². The number of carbonyl (C=O) groups excluding carboxylic acids is 1. The van der Waals surface area contributed by atoms with Crippen molar-refractivity contribution in [2.24, 2.45) is 0 Å². The van der Waals surface area contributed by atoms with E-state index in [2.05, 4.69) is 10.3 Å². The van der Waals surface area contributed by atoms with Crippen molar-refractivity contribution in [3.05, 3.63) is 54.1 Å². The molecular formula is C14H11FN2O4. The van der Waals surface area contributed by atoms with Gasteiger partial charge in [-0.15, -0.1) is 0 Å². The second-order valence-corrected chi connectivity index (χ2v) is 4.00. The van der Waals surface area contributed by atoms with Gasteiger partial charge in [-0.05, 0) is 24.3 Å². The predicted octanol–water partition coefficient (Wildman–Crippen LogP) is 1.94. The standard InChI is InChI=1S/C14H11FN2O4/c15-10-3-1-2-4-12(10)21-8-13(18)17-9-5-6-16-11(7-9)14(19)20/h1-7H,8H2,(H,19,20)(H,16,17,18). The normalized spacial score (nSPS) is 9.95. The molecule has 0 saturated heterocycles. The zero-order valence-corrected chi connectivity index (χ0v) is 10.7. The fourth-order valence-electron chi connectivity index (χ4n) is 1.53. The van der Waals surface area contributed by atoms with Gasteiger partial charge in [-0.1, -0.05) is 12.1 Å². The number of rotatable bonds is 5. The van der Waals surface area contributed by atoms with Gasteiger partial charge in [0, 0.05) is 11.9 Å². The largest absolute Gasteiger partial charge is 0.481 e. The molecule has 2 aromatic rings. The molecule has 0 aliphatic carbocycles. The number of aromatic carboxylic acids is 1. The predicted molar refractivity (Wildman–Crippen MR) is 71.7 cm³/mol. The van der Waals surface area contributed by atoms with Gasteiger partial charge in [-0.3, -0.25) is 4.79 Å². The zero-order valence-electron chi connectivity index (χ0n) is 10.7. The number of nitrogens with zero attached hydrogens (tertiary/aromatic N) is 1. The first-order chi connectivity index (χ1) is 10.1. The molecule has 7 heteroatoms. The molecule has 0 atom stereocenters. The van der Waals surface area contributed by atoms with Crippen molar-refractivity contribution in [3.8, 4) is 5.75 Å². The molecule has 21 heavy (non-hydrogen) atoms. The third kappa shape index (κ3) is 4.00. The molecular weight excluding hydrogens is 279 g/mol. The number of hydrogen-bond acceptors (Lipinski definition) is 4. The Morgan fingerprint density at radius 3 is 2.76 bits per heavy atom. The molecule has 0 saturated carbocycles. The highest BCUT2D eigenvalue weighted by molar-refractivity contribution is 5.93. The molecule has 0 bridgehead atoms.